The van der Waals surface area contributed by atoms with Crippen LogP contribution in [-0.4, -0.2) is 14.8 Å². The van der Waals surface area contributed by atoms with E-state index in [-0.39, 0.29) is 11.5 Å². The summed E-state index contributed by atoms with van der Waals surface area (Å²) in [5.74, 6) is 0.190. The normalized spacial score (nSPS) is 11.3. The Hall–Kier alpha value is -2.16. The molecule has 3 nitrogen and oxygen atoms in total. The molecule has 0 aliphatic carbocycles. The highest BCUT2D eigenvalue weighted by molar-refractivity contribution is 6.10. The van der Waals surface area contributed by atoms with Gasteiger partial charge < -0.3 is 14.8 Å². The van der Waals surface area contributed by atoms with Crippen LogP contribution in [0.1, 0.15) is 0 Å². The minimum Gasteiger partial charge on any atom is -0.508 e. The zero-order chi connectivity index (χ0) is 11.3. The number of phenolic OH excluding ortho intramolecular Hbond substituents is 2. The monoisotopic (exact) mass is 213 g/mol. The van der Waals surface area contributed by atoms with Crippen LogP contribution in [0.4, 0.5) is 0 Å². The van der Waals surface area contributed by atoms with Gasteiger partial charge in [0.2, 0.25) is 0 Å². The van der Waals surface area contributed by atoms with Crippen molar-refractivity contribution in [2.24, 2.45) is 7.05 Å². The topological polar surface area (TPSA) is 45.4 Å². The third-order valence-electron chi connectivity index (χ3n) is 2.97. The summed E-state index contributed by atoms with van der Waals surface area (Å²) < 4.78 is 1.93. The molecule has 0 radical (unpaired) electrons. The van der Waals surface area contributed by atoms with Crippen molar-refractivity contribution in [3.8, 4) is 11.5 Å². The van der Waals surface area contributed by atoms with Gasteiger partial charge in [-0.3, -0.25) is 0 Å². The van der Waals surface area contributed by atoms with Crippen molar-refractivity contribution in [3.63, 3.8) is 0 Å². The number of benzene rings is 2. The van der Waals surface area contributed by atoms with E-state index in [1.54, 1.807) is 6.07 Å². The van der Waals surface area contributed by atoms with Crippen molar-refractivity contribution < 1.29 is 10.2 Å². The number of aryl methyl sites for hydroxylation is 1. The van der Waals surface area contributed by atoms with Crippen LogP contribution in [0.2, 0.25) is 0 Å². The molecule has 3 aromatic rings. The molecule has 0 aliphatic rings. The van der Waals surface area contributed by atoms with Gasteiger partial charge in [-0.15, -0.1) is 0 Å². The largest absolute Gasteiger partial charge is 0.508 e. The number of phenols is 2. The molecule has 3 rings (SSSR count). The number of rotatable bonds is 0. The molecule has 1 heterocycles. The van der Waals surface area contributed by atoms with Gasteiger partial charge in [0.15, 0.2) is 0 Å². The third-order valence-corrected chi connectivity index (χ3v) is 2.97. The highest BCUT2D eigenvalue weighted by Crippen LogP contribution is 2.36. The lowest BCUT2D eigenvalue weighted by atomic mass is 10.1. The van der Waals surface area contributed by atoms with Gasteiger partial charge in [-0.1, -0.05) is 18.2 Å². The molecule has 0 aliphatic heterocycles. The molecule has 80 valence electrons. The maximum Gasteiger partial charge on any atom is 0.143 e. The third kappa shape index (κ3) is 1.03. The second-order valence-electron chi connectivity index (χ2n) is 3.94. The summed E-state index contributed by atoms with van der Waals surface area (Å²) in [6.07, 6.45) is 0. The van der Waals surface area contributed by atoms with Crippen LogP contribution in [0.5, 0.6) is 11.5 Å². The fraction of sp³-hybridized carbons (Fsp3) is 0.0769. The number of para-hydroxylation sites is 1. The Kier molecular flexibility index (Phi) is 1.66. The Bertz CT molecular complexity index is 698. The molecule has 3 heteroatoms. The van der Waals surface area contributed by atoms with Gasteiger partial charge in [0.25, 0.3) is 0 Å². The van der Waals surface area contributed by atoms with Gasteiger partial charge in [-0.05, 0) is 12.1 Å². The predicted molar refractivity (Wildman–Crippen MR) is 63.8 cm³/mol. The van der Waals surface area contributed by atoms with Crippen LogP contribution in [0.15, 0.2) is 36.4 Å². The second kappa shape index (κ2) is 2.92. The molecule has 0 fully saturated rings. The van der Waals surface area contributed by atoms with E-state index in [0.717, 1.165) is 21.8 Å². The Morgan fingerprint density at radius 1 is 1.00 bits per heavy atom. The molecule has 0 atom stereocenters. The van der Waals surface area contributed by atoms with Crippen molar-refractivity contribution in [2.45, 2.75) is 0 Å². The number of fused-ring (bicyclic) bond motifs is 3. The molecule has 0 amide bonds. The number of hydrogen-bond donors (Lipinski definition) is 2. The highest BCUT2D eigenvalue weighted by atomic mass is 16.3. The summed E-state index contributed by atoms with van der Waals surface area (Å²) in [6, 6.07) is 10.9. The fourth-order valence-corrected chi connectivity index (χ4v) is 2.28. The fourth-order valence-electron chi connectivity index (χ4n) is 2.28. The van der Waals surface area contributed by atoms with Crippen LogP contribution in [0, 0.1) is 0 Å². The summed E-state index contributed by atoms with van der Waals surface area (Å²) in [4.78, 5) is 0. The van der Waals surface area contributed by atoms with Gasteiger partial charge in [0, 0.05) is 29.4 Å². The molecule has 16 heavy (non-hydrogen) atoms. The van der Waals surface area contributed by atoms with Gasteiger partial charge in [-0.25, -0.2) is 0 Å². The molecule has 2 aromatic carbocycles. The van der Waals surface area contributed by atoms with Crippen molar-refractivity contribution in [1.29, 1.82) is 0 Å². The van der Waals surface area contributed by atoms with E-state index in [0.29, 0.717) is 0 Å². The zero-order valence-corrected chi connectivity index (χ0v) is 8.81. The molecule has 1 aromatic heterocycles. The van der Waals surface area contributed by atoms with Gasteiger partial charge in [0.05, 0.1) is 5.52 Å². The van der Waals surface area contributed by atoms with E-state index >= 15 is 0 Å². The molecule has 0 saturated heterocycles. The summed E-state index contributed by atoms with van der Waals surface area (Å²) in [7, 11) is 1.90. The maximum absolute atomic E-state index is 9.85. The molecule has 0 unspecified atom stereocenters. The molecular formula is C13H11NO2. The van der Waals surface area contributed by atoms with Crippen molar-refractivity contribution in [2.75, 3.05) is 0 Å². The number of aromatic hydroxyl groups is 2. The zero-order valence-electron chi connectivity index (χ0n) is 8.81. The molecular weight excluding hydrogens is 202 g/mol. The maximum atomic E-state index is 9.85. The number of aromatic nitrogens is 1. The highest BCUT2D eigenvalue weighted by Gasteiger charge is 2.11. The summed E-state index contributed by atoms with van der Waals surface area (Å²) in [5, 5.41) is 21.3. The second-order valence-corrected chi connectivity index (χ2v) is 3.94. The van der Waals surface area contributed by atoms with Crippen molar-refractivity contribution in [1.82, 2.24) is 4.57 Å². The van der Waals surface area contributed by atoms with Crippen LogP contribution >= 0.6 is 0 Å². The molecule has 2 N–H and O–H groups in total. The van der Waals surface area contributed by atoms with Crippen molar-refractivity contribution >= 4 is 21.8 Å². The lowest BCUT2D eigenvalue weighted by Gasteiger charge is -2.00. The summed E-state index contributed by atoms with van der Waals surface area (Å²) in [5.41, 5.74) is 1.79. The minimum atomic E-state index is 0.0846. The van der Waals surface area contributed by atoms with Crippen LogP contribution < -0.4 is 0 Å². The Morgan fingerprint density at radius 2 is 1.75 bits per heavy atom. The van der Waals surface area contributed by atoms with Gasteiger partial charge in [-0.2, -0.15) is 0 Å². The molecule has 0 saturated carbocycles. The van der Waals surface area contributed by atoms with E-state index in [9.17, 15) is 10.2 Å². The van der Waals surface area contributed by atoms with E-state index in [1.807, 2.05) is 35.9 Å². The minimum absolute atomic E-state index is 0.0846. The number of nitrogens with zero attached hydrogens (tertiary/aromatic N) is 1. The van der Waals surface area contributed by atoms with E-state index in [1.165, 1.54) is 6.07 Å². The average molecular weight is 213 g/mol. The SMILES string of the molecule is Cn1c2ccccc2c2cc(O)cc(O)c21. The summed E-state index contributed by atoms with van der Waals surface area (Å²) >= 11 is 0. The Morgan fingerprint density at radius 3 is 2.56 bits per heavy atom. The predicted octanol–water partition coefficient (Wildman–Crippen LogP) is 2.74. The van der Waals surface area contributed by atoms with Crippen LogP contribution in [0.3, 0.4) is 0 Å². The molecule has 0 bridgehead atoms. The Labute approximate surface area is 92.2 Å². The van der Waals surface area contributed by atoms with Crippen LogP contribution in [-0.2, 0) is 7.05 Å². The molecule has 0 spiro atoms. The van der Waals surface area contributed by atoms with Crippen LogP contribution in [0.25, 0.3) is 21.8 Å². The first-order chi connectivity index (χ1) is 7.68. The Balaban J connectivity index is 2.67. The van der Waals surface area contributed by atoms with E-state index in [4.69, 9.17) is 0 Å². The lowest BCUT2D eigenvalue weighted by Crippen LogP contribution is -1.86. The first-order valence-corrected chi connectivity index (χ1v) is 5.07. The first-order valence-electron chi connectivity index (χ1n) is 5.07. The summed E-state index contributed by atoms with van der Waals surface area (Å²) in [6.45, 7) is 0. The smallest absolute Gasteiger partial charge is 0.143 e. The lowest BCUT2D eigenvalue weighted by molar-refractivity contribution is 0.454. The van der Waals surface area contributed by atoms with E-state index in [2.05, 4.69) is 0 Å². The first kappa shape index (κ1) is 9.09. The number of hydrogen-bond acceptors (Lipinski definition) is 2. The standard InChI is InChI=1S/C13H11NO2/c1-14-11-5-3-2-4-9(11)10-6-8(15)7-12(16)13(10)14/h2-7,15-16H,1H3. The van der Waals surface area contributed by atoms with Crippen molar-refractivity contribution in [3.05, 3.63) is 36.4 Å². The quantitative estimate of drug-likeness (QED) is 0.603. The van der Waals surface area contributed by atoms with E-state index < -0.39 is 0 Å². The van der Waals surface area contributed by atoms with Gasteiger partial charge in [0.1, 0.15) is 11.5 Å². The van der Waals surface area contributed by atoms with Gasteiger partial charge >= 0.3 is 0 Å². The average Bonchev–Trinajstić information content (AvgIpc) is 2.54.